The molecule has 1 saturated heterocycles. The van der Waals surface area contributed by atoms with E-state index in [2.05, 4.69) is 5.32 Å². The molecule has 6 nitrogen and oxygen atoms in total. The molecule has 1 fully saturated rings. The molecular formula is C24H19ClN2O4S2. The zero-order chi connectivity index (χ0) is 23.4. The van der Waals surface area contributed by atoms with Gasteiger partial charge in [0.05, 0.1) is 17.0 Å². The first kappa shape index (κ1) is 23.1. The molecule has 168 valence electrons. The Morgan fingerprint density at radius 1 is 1.21 bits per heavy atom. The van der Waals surface area contributed by atoms with Gasteiger partial charge < -0.3 is 14.5 Å². The number of hydrogen-bond acceptors (Lipinski definition) is 6. The van der Waals surface area contributed by atoms with E-state index in [1.54, 1.807) is 31.4 Å². The Morgan fingerprint density at radius 2 is 2.03 bits per heavy atom. The highest BCUT2D eigenvalue weighted by Gasteiger charge is 2.33. The number of nitrogens with zero attached hydrogens (tertiary/aromatic N) is 1. The number of thioether (sulfide) groups is 1. The second kappa shape index (κ2) is 10.2. The van der Waals surface area contributed by atoms with Crippen molar-refractivity contribution in [2.75, 3.05) is 13.7 Å². The molecule has 1 aliphatic heterocycles. The molecule has 4 rings (SSSR count). The van der Waals surface area contributed by atoms with Crippen LogP contribution in [0, 0.1) is 0 Å². The molecule has 1 aliphatic rings. The van der Waals surface area contributed by atoms with Gasteiger partial charge in [-0.2, -0.15) is 0 Å². The topological polar surface area (TPSA) is 71.8 Å². The fourth-order valence-corrected chi connectivity index (χ4v) is 4.65. The quantitative estimate of drug-likeness (QED) is 0.360. The molecule has 33 heavy (non-hydrogen) atoms. The van der Waals surface area contributed by atoms with Gasteiger partial charge >= 0.3 is 0 Å². The van der Waals surface area contributed by atoms with Crippen LogP contribution in [-0.4, -0.2) is 34.7 Å². The maximum Gasteiger partial charge on any atom is 0.266 e. The molecule has 2 heterocycles. The first-order chi connectivity index (χ1) is 15.9. The highest BCUT2D eigenvalue weighted by atomic mass is 35.5. The number of amides is 2. The number of methoxy groups -OCH3 is 1. The van der Waals surface area contributed by atoms with E-state index in [0.29, 0.717) is 38.1 Å². The van der Waals surface area contributed by atoms with Crippen LogP contribution >= 0.6 is 35.6 Å². The second-order valence-electron chi connectivity index (χ2n) is 7.08. The molecule has 3 aromatic rings. The van der Waals surface area contributed by atoms with Crippen molar-refractivity contribution < 1.29 is 18.7 Å². The molecule has 2 aromatic carbocycles. The average molecular weight is 499 g/mol. The van der Waals surface area contributed by atoms with Gasteiger partial charge in [-0.05, 0) is 42.0 Å². The van der Waals surface area contributed by atoms with Gasteiger partial charge in [-0.3, -0.25) is 14.5 Å². The summed E-state index contributed by atoms with van der Waals surface area (Å²) < 4.78 is 11.3. The van der Waals surface area contributed by atoms with Gasteiger partial charge in [0, 0.05) is 18.2 Å². The first-order valence-electron chi connectivity index (χ1n) is 9.94. The number of thiocarbonyl (C=S) groups is 1. The molecule has 0 radical (unpaired) electrons. The molecule has 9 heteroatoms. The summed E-state index contributed by atoms with van der Waals surface area (Å²) in [6.07, 6.45) is 1.62. The number of nitrogens with one attached hydrogen (secondary N) is 1. The summed E-state index contributed by atoms with van der Waals surface area (Å²) in [7, 11) is 1.58. The fourth-order valence-electron chi connectivity index (χ4n) is 3.18. The molecule has 0 atom stereocenters. The molecule has 0 aliphatic carbocycles. The first-order valence-corrected chi connectivity index (χ1v) is 11.5. The standard InChI is InChI=1S/C24H19ClN2O4S2/c1-30-16-6-4-5-15(11-16)13-26-22(28)14-27-23(29)21(33-24(27)32)12-17-9-10-20(31-17)18-7-2-3-8-19(18)25/h2-12H,13-14H2,1H3,(H,26,28)/b21-12-. The van der Waals surface area contributed by atoms with Crippen molar-refractivity contribution in [1.29, 1.82) is 0 Å². The van der Waals surface area contributed by atoms with Gasteiger partial charge in [0.15, 0.2) is 0 Å². The van der Waals surface area contributed by atoms with E-state index >= 15 is 0 Å². The molecular weight excluding hydrogens is 480 g/mol. The van der Waals surface area contributed by atoms with Crippen LogP contribution in [0.1, 0.15) is 11.3 Å². The normalized spacial score (nSPS) is 14.7. The Hall–Kier alpha value is -3.07. The van der Waals surface area contributed by atoms with Crippen LogP contribution in [0.15, 0.2) is 70.0 Å². The van der Waals surface area contributed by atoms with Gasteiger partial charge in [-0.25, -0.2) is 0 Å². The van der Waals surface area contributed by atoms with Crippen LogP contribution in [0.25, 0.3) is 17.4 Å². The van der Waals surface area contributed by atoms with E-state index in [1.807, 2.05) is 42.5 Å². The summed E-state index contributed by atoms with van der Waals surface area (Å²) in [5.41, 5.74) is 1.65. The van der Waals surface area contributed by atoms with Crippen molar-refractivity contribution in [3.8, 4) is 17.1 Å². The van der Waals surface area contributed by atoms with Crippen LogP contribution in [0.3, 0.4) is 0 Å². The maximum atomic E-state index is 12.8. The van der Waals surface area contributed by atoms with E-state index in [0.717, 1.165) is 22.9 Å². The minimum absolute atomic E-state index is 0.158. The molecule has 1 N–H and O–H groups in total. The summed E-state index contributed by atoms with van der Waals surface area (Å²) in [5, 5.41) is 3.38. The van der Waals surface area contributed by atoms with Crippen LogP contribution in [-0.2, 0) is 16.1 Å². The van der Waals surface area contributed by atoms with Crippen molar-refractivity contribution in [1.82, 2.24) is 10.2 Å². The molecule has 0 saturated carbocycles. The smallest absolute Gasteiger partial charge is 0.266 e. The predicted molar refractivity (Wildman–Crippen MR) is 134 cm³/mol. The monoisotopic (exact) mass is 498 g/mol. The minimum Gasteiger partial charge on any atom is -0.497 e. The maximum absolute atomic E-state index is 12.8. The lowest BCUT2D eigenvalue weighted by Crippen LogP contribution is -2.39. The number of carbonyl (C=O) groups is 2. The zero-order valence-corrected chi connectivity index (χ0v) is 19.9. The number of benzene rings is 2. The van der Waals surface area contributed by atoms with Crippen LogP contribution in [0.2, 0.25) is 5.02 Å². The van der Waals surface area contributed by atoms with Crippen LogP contribution in [0.4, 0.5) is 0 Å². The fraction of sp³-hybridized carbons (Fsp3) is 0.125. The van der Waals surface area contributed by atoms with E-state index < -0.39 is 0 Å². The Balaban J connectivity index is 1.40. The number of halogens is 1. The lowest BCUT2D eigenvalue weighted by molar-refractivity contribution is -0.128. The lowest BCUT2D eigenvalue weighted by atomic mass is 10.2. The summed E-state index contributed by atoms with van der Waals surface area (Å²) in [6, 6.07) is 18.3. The third kappa shape index (κ3) is 5.47. The third-order valence-electron chi connectivity index (χ3n) is 4.84. The SMILES string of the molecule is COc1cccc(CNC(=O)CN2C(=O)/C(=C/c3ccc(-c4ccccc4Cl)o3)SC2=S)c1. The van der Waals surface area contributed by atoms with Crippen molar-refractivity contribution in [3.05, 3.63) is 81.9 Å². The average Bonchev–Trinajstić information content (AvgIpc) is 3.38. The Labute approximate surface area is 205 Å². The molecule has 0 spiro atoms. The number of hydrogen-bond donors (Lipinski definition) is 1. The Bertz CT molecular complexity index is 1250. The van der Waals surface area contributed by atoms with E-state index in [4.69, 9.17) is 33.0 Å². The predicted octanol–water partition coefficient (Wildman–Crippen LogP) is 5.13. The Kier molecular flexibility index (Phi) is 7.17. The van der Waals surface area contributed by atoms with Crippen LogP contribution in [0.5, 0.6) is 5.75 Å². The van der Waals surface area contributed by atoms with Gasteiger partial charge in [0.25, 0.3) is 5.91 Å². The van der Waals surface area contributed by atoms with Gasteiger partial charge in [-0.15, -0.1) is 0 Å². The number of carbonyl (C=O) groups excluding carboxylic acids is 2. The van der Waals surface area contributed by atoms with Crippen molar-refractivity contribution >= 4 is 57.8 Å². The largest absolute Gasteiger partial charge is 0.497 e. The number of ether oxygens (including phenoxy) is 1. The van der Waals surface area contributed by atoms with Crippen LogP contribution < -0.4 is 10.1 Å². The molecule has 2 amide bonds. The second-order valence-corrected chi connectivity index (χ2v) is 9.16. The van der Waals surface area contributed by atoms with E-state index in [9.17, 15) is 9.59 Å². The minimum atomic E-state index is -0.336. The molecule has 0 unspecified atom stereocenters. The van der Waals surface area contributed by atoms with Gasteiger partial charge in [0.2, 0.25) is 5.91 Å². The zero-order valence-electron chi connectivity index (χ0n) is 17.5. The van der Waals surface area contributed by atoms with E-state index in [1.165, 1.54) is 4.90 Å². The summed E-state index contributed by atoms with van der Waals surface area (Å²) >= 11 is 12.7. The Morgan fingerprint density at radius 3 is 2.82 bits per heavy atom. The third-order valence-corrected chi connectivity index (χ3v) is 6.55. The number of furan rings is 1. The highest BCUT2D eigenvalue weighted by Crippen LogP contribution is 2.34. The van der Waals surface area contributed by atoms with Crippen molar-refractivity contribution in [3.63, 3.8) is 0 Å². The summed E-state index contributed by atoms with van der Waals surface area (Å²) in [4.78, 5) is 26.9. The van der Waals surface area contributed by atoms with Gasteiger partial charge in [-0.1, -0.05) is 59.8 Å². The summed E-state index contributed by atoms with van der Waals surface area (Å²) in [6.45, 7) is 0.160. The van der Waals surface area contributed by atoms with E-state index in [-0.39, 0.29) is 18.4 Å². The van der Waals surface area contributed by atoms with Gasteiger partial charge in [0.1, 0.15) is 28.1 Å². The van der Waals surface area contributed by atoms with Crippen molar-refractivity contribution in [2.45, 2.75) is 6.54 Å². The lowest BCUT2D eigenvalue weighted by Gasteiger charge is -2.14. The summed E-state index contributed by atoms with van der Waals surface area (Å²) in [5.74, 6) is 1.15. The molecule has 0 bridgehead atoms. The molecule has 1 aromatic heterocycles. The highest BCUT2D eigenvalue weighted by molar-refractivity contribution is 8.26. The van der Waals surface area contributed by atoms with Crippen molar-refractivity contribution in [2.24, 2.45) is 0 Å². The number of rotatable bonds is 7.